The van der Waals surface area contributed by atoms with E-state index in [2.05, 4.69) is 10.3 Å². The van der Waals surface area contributed by atoms with E-state index in [1.54, 1.807) is 42.6 Å². The van der Waals surface area contributed by atoms with Crippen molar-refractivity contribution in [3.05, 3.63) is 77.6 Å². The quantitative estimate of drug-likeness (QED) is 0.665. The van der Waals surface area contributed by atoms with Gasteiger partial charge in [0.2, 0.25) is 0 Å². The molecule has 0 spiro atoms. The smallest absolute Gasteiger partial charge is 0.267 e. The van der Waals surface area contributed by atoms with E-state index in [1.807, 2.05) is 6.92 Å². The van der Waals surface area contributed by atoms with Gasteiger partial charge in [-0.15, -0.1) is 0 Å². The van der Waals surface area contributed by atoms with Gasteiger partial charge in [0, 0.05) is 11.2 Å². The van der Waals surface area contributed by atoms with E-state index in [0.29, 0.717) is 10.7 Å². The number of amides is 1. The maximum absolute atomic E-state index is 13.4. The predicted molar refractivity (Wildman–Crippen MR) is 114 cm³/mol. The number of ether oxygens (including phenoxy) is 1. The summed E-state index contributed by atoms with van der Waals surface area (Å²) in [7, 11) is -3.95. The van der Waals surface area contributed by atoms with Crippen LogP contribution in [0.1, 0.15) is 5.56 Å². The third-order valence-corrected chi connectivity index (χ3v) is 6.65. The summed E-state index contributed by atoms with van der Waals surface area (Å²) in [5, 5.41) is 3.06. The molecule has 2 heterocycles. The Hall–Kier alpha value is -3.10. The van der Waals surface area contributed by atoms with Crippen LogP contribution in [0.3, 0.4) is 0 Å². The highest BCUT2D eigenvalue weighted by molar-refractivity contribution is 7.92. The lowest BCUT2D eigenvalue weighted by atomic mass is 10.2. The van der Waals surface area contributed by atoms with Crippen molar-refractivity contribution in [3.63, 3.8) is 0 Å². The average molecular weight is 444 g/mol. The van der Waals surface area contributed by atoms with Gasteiger partial charge in [0.1, 0.15) is 5.75 Å². The summed E-state index contributed by atoms with van der Waals surface area (Å²) >= 11 is 6.10. The molecule has 0 aliphatic carbocycles. The third kappa shape index (κ3) is 3.96. The van der Waals surface area contributed by atoms with E-state index in [-0.39, 0.29) is 22.9 Å². The van der Waals surface area contributed by atoms with Crippen LogP contribution in [0, 0.1) is 6.92 Å². The fourth-order valence-electron chi connectivity index (χ4n) is 3.09. The van der Waals surface area contributed by atoms with Crippen LogP contribution in [0.5, 0.6) is 5.75 Å². The van der Waals surface area contributed by atoms with Gasteiger partial charge in [0.15, 0.2) is 6.10 Å². The fourth-order valence-corrected chi connectivity index (χ4v) is 4.72. The first-order valence-electron chi connectivity index (χ1n) is 9.11. The number of halogens is 1. The number of carbonyl (C=O) groups is 1. The van der Waals surface area contributed by atoms with Crippen LogP contribution in [-0.4, -0.2) is 32.0 Å². The Balaban J connectivity index is 1.71. The fraction of sp³-hybridized carbons (Fsp3) is 0.143. The Labute approximate surface area is 179 Å². The molecule has 9 heteroatoms. The van der Waals surface area contributed by atoms with Crippen molar-refractivity contribution < 1.29 is 17.9 Å². The highest BCUT2D eigenvalue weighted by Gasteiger charge is 2.37. The van der Waals surface area contributed by atoms with Crippen LogP contribution in [0.25, 0.3) is 0 Å². The molecule has 1 N–H and O–H groups in total. The van der Waals surface area contributed by atoms with Crippen molar-refractivity contribution in [2.75, 3.05) is 16.2 Å². The first-order chi connectivity index (χ1) is 14.3. The number of aryl methyl sites for hydroxylation is 1. The lowest BCUT2D eigenvalue weighted by molar-refractivity contribution is -0.122. The number of aromatic nitrogens is 1. The van der Waals surface area contributed by atoms with Crippen molar-refractivity contribution in [1.82, 2.24) is 4.98 Å². The number of sulfonamides is 1. The molecule has 0 saturated carbocycles. The molecule has 0 radical (unpaired) electrons. The van der Waals surface area contributed by atoms with Crippen molar-refractivity contribution in [1.29, 1.82) is 0 Å². The Bertz CT molecular complexity index is 1180. The maximum atomic E-state index is 13.4. The van der Waals surface area contributed by atoms with Gasteiger partial charge in [-0.1, -0.05) is 29.3 Å². The van der Waals surface area contributed by atoms with E-state index in [4.69, 9.17) is 16.3 Å². The second-order valence-corrected chi connectivity index (χ2v) is 9.10. The van der Waals surface area contributed by atoms with Gasteiger partial charge >= 0.3 is 0 Å². The molecule has 1 aliphatic heterocycles. The summed E-state index contributed by atoms with van der Waals surface area (Å²) in [6.45, 7) is 1.68. The first kappa shape index (κ1) is 20.2. The highest BCUT2D eigenvalue weighted by atomic mass is 35.5. The van der Waals surface area contributed by atoms with Gasteiger partial charge in [-0.05, 0) is 49.4 Å². The zero-order valence-electron chi connectivity index (χ0n) is 15.9. The number of benzene rings is 2. The van der Waals surface area contributed by atoms with Gasteiger partial charge < -0.3 is 10.1 Å². The molecule has 0 fully saturated rings. The Morgan fingerprint density at radius 1 is 1.20 bits per heavy atom. The Morgan fingerprint density at radius 3 is 2.67 bits per heavy atom. The standard InChI is InChI=1S/C21H18ClN3O4S/c1-14-4-7-17(8-5-14)30(27,28)25-13-20(21(26)24-16-3-2-10-23-12-16)29-19-9-6-15(22)11-18(19)25/h2-12,20H,13H2,1H3,(H,24,26). The summed E-state index contributed by atoms with van der Waals surface area (Å²) < 4.78 is 33.7. The molecule has 1 amide bonds. The van der Waals surface area contributed by atoms with Crippen LogP contribution < -0.4 is 14.4 Å². The van der Waals surface area contributed by atoms with E-state index >= 15 is 0 Å². The molecule has 0 bridgehead atoms. The van der Waals surface area contributed by atoms with Gasteiger partial charge in [-0.2, -0.15) is 0 Å². The average Bonchev–Trinajstić information content (AvgIpc) is 2.74. The van der Waals surface area contributed by atoms with Crippen molar-refractivity contribution in [2.45, 2.75) is 17.9 Å². The molecule has 3 aromatic rings. The van der Waals surface area contributed by atoms with Gasteiger partial charge in [0.25, 0.3) is 15.9 Å². The third-order valence-electron chi connectivity index (χ3n) is 4.62. The molecule has 1 aliphatic rings. The topological polar surface area (TPSA) is 88.6 Å². The number of nitrogens with zero attached hydrogens (tertiary/aromatic N) is 2. The number of carbonyl (C=O) groups excluding carboxylic acids is 1. The normalized spacial score (nSPS) is 15.8. The molecule has 7 nitrogen and oxygen atoms in total. The number of hydrogen-bond donors (Lipinski definition) is 1. The molecule has 1 unspecified atom stereocenters. The second kappa shape index (κ2) is 7.97. The second-order valence-electron chi connectivity index (χ2n) is 6.80. The maximum Gasteiger partial charge on any atom is 0.267 e. The Kier molecular flexibility index (Phi) is 5.36. The summed E-state index contributed by atoms with van der Waals surface area (Å²) in [6, 6.07) is 14.5. The molecule has 2 aromatic carbocycles. The van der Waals surface area contributed by atoms with E-state index in [1.165, 1.54) is 24.4 Å². The predicted octanol–water partition coefficient (Wildman–Crippen LogP) is 3.64. The van der Waals surface area contributed by atoms with E-state index in [9.17, 15) is 13.2 Å². The molecule has 154 valence electrons. The number of anilines is 2. The molecule has 0 saturated heterocycles. The van der Waals surface area contributed by atoms with Crippen LogP contribution in [0.2, 0.25) is 5.02 Å². The minimum absolute atomic E-state index is 0.118. The summed E-state index contributed by atoms with van der Waals surface area (Å²) in [6.07, 6.45) is 2.02. The lowest BCUT2D eigenvalue weighted by Crippen LogP contribution is -2.48. The zero-order valence-corrected chi connectivity index (χ0v) is 17.5. The van der Waals surface area contributed by atoms with Gasteiger partial charge in [-0.3, -0.25) is 14.1 Å². The minimum atomic E-state index is -3.95. The number of nitrogens with one attached hydrogen (secondary N) is 1. The molecule has 1 atom stereocenters. The van der Waals surface area contributed by atoms with Gasteiger partial charge in [0.05, 0.1) is 29.0 Å². The van der Waals surface area contributed by atoms with Gasteiger partial charge in [-0.25, -0.2) is 8.42 Å². The lowest BCUT2D eigenvalue weighted by Gasteiger charge is -2.34. The van der Waals surface area contributed by atoms with Crippen molar-refractivity contribution in [2.24, 2.45) is 0 Å². The summed E-state index contributed by atoms with van der Waals surface area (Å²) in [5.74, 6) is -0.222. The summed E-state index contributed by atoms with van der Waals surface area (Å²) in [4.78, 5) is 16.9. The SMILES string of the molecule is Cc1ccc(S(=O)(=O)N2CC(C(=O)Nc3cccnc3)Oc3ccc(Cl)cc32)cc1. The van der Waals surface area contributed by atoms with Crippen LogP contribution in [0.15, 0.2) is 71.9 Å². The van der Waals surface area contributed by atoms with E-state index in [0.717, 1.165) is 9.87 Å². The number of rotatable bonds is 4. The molecule has 30 heavy (non-hydrogen) atoms. The Morgan fingerprint density at radius 2 is 1.97 bits per heavy atom. The minimum Gasteiger partial charge on any atom is -0.476 e. The van der Waals surface area contributed by atoms with Crippen LogP contribution in [-0.2, 0) is 14.8 Å². The zero-order chi connectivity index (χ0) is 21.3. The van der Waals surface area contributed by atoms with Crippen LogP contribution in [0.4, 0.5) is 11.4 Å². The number of fused-ring (bicyclic) bond motifs is 1. The van der Waals surface area contributed by atoms with E-state index < -0.39 is 22.0 Å². The van der Waals surface area contributed by atoms with Crippen molar-refractivity contribution >= 4 is 38.9 Å². The van der Waals surface area contributed by atoms with Crippen molar-refractivity contribution in [3.8, 4) is 5.75 Å². The molecular weight excluding hydrogens is 426 g/mol. The molecule has 1 aromatic heterocycles. The molecule has 4 rings (SSSR count). The monoisotopic (exact) mass is 443 g/mol. The molecular formula is C21H18ClN3O4S. The first-order valence-corrected chi connectivity index (χ1v) is 10.9. The number of pyridine rings is 1. The number of hydrogen-bond acceptors (Lipinski definition) is 5. The summed E-state index contributed by atoms with van der Waals surface area (Å²) in [5.41, 5.74) is 1.71. The largest absolute Gasteiger partial charge is 0.476 e. The highest BCUT2D eigenvalue weighted by Crippen LogP contribution is 2.39. The van der Waals surface area contributed by atoms with Crippen LogP contribution >= 0.6 is 11.6 Å².